The average Bonchev–Trinajstić information content (AvgIpc) is 2.74. The van der Waals surface area contributed by atoms with Gasteiger partial charge in [-0.1, -0.05) is 6.92 Å². The molecule has 0 aromatic carbocycles. The number of hydrogen-bond donors (Lipinski definition) is 1. The molecule has 4 nitrogen and oxygen atoms in total. The molecule has 1 heterocycles. The molecule has 1 rings (SSSR count). The van der Waals surface area contributed by atoms with E-state index in [-0.39, 0.29) is 5.54 Å². The van der Waals surface area contributed by atoms with E-state index >= 15 is 0 Å². The van der Waals surface area contributed by atoms with Crippen LogP contribution >= 0.6 is 0 Å². The lowest BCUT2D eigenvalue weighted by atomic mass is 10.1. The first-order chi connectivity index (χ1) is 8.81. The zero-order valence-corrected chi connectivity index (χ0v) is 13.4. The lowest BCUT2D eigenvalue weighted by Crippen LogP contribution is -2.40. The zero-order chi connectivity index (χ0) is 14.5. The standard InChI is InChI=1S/C15H30N4/c1-7-13(2)19-10-8-14(17-19)12-18(6)11-9-16-15(3,4)5/h8,10,13,16H,7,9,11-12H2,1-6H3. The van der Waals surface area contributed by atoms with E-state index in [1.54, 1.807) is 0 Å². The molecule has 0 aliphatic heterocycles. The van der Waals surface area contributed by atoms with Gasteiger partial charge in [0.05, 0.1) is 5.69 Å². The zero-order valence-electron chi connectivity index (χ0n) is 13.4. The number of rotatable bonds is 7. The molecule has 0 spiro atoms. The normalized spacial score (nSPS) is 14.1. The highest BCUT2D eigenvalue weighted by Crippen LogP contribution is 2.10. The summed E-state index contributed by atoms with van der Waals surface area (Å²) in [7, 11) is 2.15. The van der Waals surface area contributed by atoms with Crippen molar-refractivity contribution >= 4 is 0 Å². The van der Waals surface area contributed by atoms with E-state index in [0.717, 1.165) is 31.7 Å². The van der Waals surface area contributed by atoms with Gasteiger partial charge in [0, 0.05) is 37.4 Å². The van der Waals surface area contributed by atoms with Crippen LogP contribution in [0.1, 0.15) is 52.8 Å². The summed E-state index contributed by atoms with van der Waals surface area (Å²) in [6.07, 6.45) is 3.21. The molecule has 19 heavy (non-hydrogen) atoms. The fraction of sp³-hybridized carbons (Fsp3) is 0.800. The van der Waals surface area contributed by atoms with E-state index in [0.29, 0.717) is 6.04 Å². The summed E-state index contributed by atoms with van der Waals surface area (Å²) in [5.41, 5.74) is 1.34. The lowest BCUT2D eigenvalue weighted by molar-refractivity contribution is 0.298. The predicted octanol–water partition coefficient (Wildman–Crippen LogP) is 2.67. The van der Waals surface area contributed by atoms with Crippen LogP contribution in [0.3, 0.4) is 0 Å². The maximum Gasteiger partial charge on any atom is 0.0764 e. The van der Waals surface area contributed by atoms with Gasteiger partial charge in [-0.3, -0.25) is 9.58 Å². The van der Waals surface area contributed by atoms with Crippen molar-refractivity contribution in [3.05, 3.63) is 18.0 Å². The van der Waals surface area contributed by atoms with Crippen LogP contribution in [0.25, 0.3) is 0 Å². The van der Waals surface area contributed by atoms with Crippen molar-refractivity contribution in [2.75, 3.05) is 20.1 Å². The Morgan fingerprint density at radius 1 is 1.42 bits per heavy atom. The lowest BCUT2D eigenvalue weighted by Gasteiger charge is -2.23. The van der Waals surface area contributed by atoms with E-state index in [4.69, 9.17) is 0 Å². The van der Waals surface area contributed by atoms with Crippen LogP contribution in [-0.4, -0.2) is 40.4 Å². The van der Waals surface area contributed by atoms with Gasteiger partial charge in [0.2, 0.25) is 0 Å². The molecule has 0 bridgehead atoms. The molecule has 0 aliphatic carbocycles. The first-order valence-electron chi connectivity index (χ1n) is 7.29. The molecule has 110 valence electrons. The molecule has 1 unspecified atom stereocenters. The second kappa shape index (κ2) is 7.06. The van der Waals surface area contributed by atoms with E-state index in [9.17, 15) is 0 Å². The molecule has 0 amide bonds. The van der Waals surface area contributed by atoms with Crippen molar-refractivity contribution in [3.63, 3.8) is 0 Å². The fourth-order valence-corrected chi connectivity index (χ4v) is 1.87. The third-order valence-corrected chi connectivity index (χ3v) is 3.29. The molecule has 1 N–H and O–H groups in total. The number of hydrogen-bond acceptors (Lipinski definition) is 3. The first-order valence-corrected chi connectivity index (χ1v) is 7.29. The van der Waals surface area contributed by atoms with Gasteiger partial charge in [0.15, 0.2) is 0 Å². The van der Waals surface area contributed by atoms with E-state index in [1.165, 1.54) is 0 Å². The minimum absolute atomic E-state index is 0.193. The number of nitrogens with one attached hydrogen (secondary N) is 1. The average molecular weight is 266 g/mol. The second-order valence-electron chi connectivity index (χ2n) is 6.46. The van der Waals surface area contributed by atoms with Gasteiger partial charge in [-0.2, -0.15) is 5.10 Å². The summed E-state index contributed by atoms with van der Waals surface area (Å²) >= 11 is 0. The minimum Gasteiger partial charge on any atom is -0.311 e. The van der Waals surface area contributed by atoms with E-state index in [1.807, 2.05) is 0 Å². The topological polar surface area (TPSA) is 33.1 Å². The van der Waals surface area contributed by atoms with Gasteiger partial charge >= 0.3 is 0 Å². The molecule has 0 saturated heterocycles. The summed E-state index contributed by atoms with van der Waals surface area (Å²) in [5.74, 6) is 0. The van der Waals surface area contributed by atoms with Crippen LogP contribution in [0, 0.1) is 0 Å². The molecular formula is C15H30N4. The second-order valence-corrected chi connectivity index (χ2v) is 6.46. The van der Waals surface area contributed by atoms with Crippen molar-refractivity contribution in [2.24, 2.45) is 0 Å². The van der Waals surface area contributed by atoms with E-state index < -0.39 is 0 Å². The maximum atomic E-state index is 4.63. The maximum absolute atomic E-state index is 4.63. The molecule has 0 saturated carbocycles. The van der Waals surface area contributed by atoms with Crippen LogP contribution in [0.4, 0.5) is 0 Å². The van der Waals surface area contributed by atoms with Crippen LogP contribution in [-0.2, 0) is 6.54 Å². The van der Waals surface area contributed by atoms with Crippen LogP contribution < -0.4 is 5.32 Å². The molecule has 4 heteroatoms. The SMILES string of the molecule is CCC(C)n1ccc(CN(C)CCNC(C)(C)C)n1. The predicted molar refractivity (Wildman–Crippen MR) is 81.3 cm³/mol. The Balaban J connectivity index is 2.36. The highest BCUT2D eigenvalue weighted by Gasteiger charge is 2.10. The molecule has 1 atom stereocenters. The third kappa shape index (κ3) is 6.21. The Morgan fingerprint density at radius 3 is 2.68 bits per heavy atom. The Hall–Kier alpha value is -0.870. The van der Waals surface area contributed by atoms with Crippen molar-refractivity contribution in [1.82, 2.24) is 20.0 Å². The van der Waals surface area contributed by atoms with Gasteiger partial charge in [-0.05, 0) is 47.2 Å². The first kappa shape index (κ1) is 16.2. The van der Waals surface area contributed by atoms with Gasteiger partial charge < -0.3 is 5.32 Å². The molecule has 1 aromatic heterocycles. The summed E-state index contributed by atoms with van der Waals surface area (Å²) in [6, 6.07) is 2.61. The van der Waals surface area contributed by atoms with Crippen molar-refractivity contribution in [3.8, 4) is 0 Å². The Kier molecular flexibility index (Phi) is 6.01. The molecular weight excluding hydrogens is 236 g/mol. The summed E-state index contributed by atoms with van der Waals surface area (Å²) < 4.78 is 2.07. The van der Waals surface area contributed by atoms with Gasteiger partial charge in [-0.25, -0.2) is 0 Å². The number of nitrogens with zero attached hydrogens (tertiary/aromatic N) is 3. The summed E-state index contributed by atoms with van der Waals surface area (Å²) in [6.45, 7) is 13.9. The highest BCUT2D eigenvalue weighted by molar-refractivity contribution is 4.99. The van der Waals surface area contributed by atoms with Crippen LogP contribution in [0.5, 0.6) is 0 Å². The molecule has 1 aromatic rings. The molecule has 0 radical (unpaired) electrons. The number of likely N-dealkylation sites (N-methyl/N-ethyl adjacent to an activating group) is 1. The largest absolute Gasteiger partial charge is 0.311 e. The van der Waals surface area contributed by atoms with Gasteiger partial charge in [0.25, 0.3) is 0 Å². The summed E-state index contributed by atoms with van der Waals surface area (Å²) in [4.78, 5) is 2.31. The van der Waals surface area contributed by atoms with Crippen molar-refractivity contribution in [1.29, 1.82) is 0 Å². The Morgan fingerprint density at radius 2 is 2.11 bits per heavy atom. The highest BCUT2D eigenvalue weighted by atomic mass is 15.3. The quantitative estimate of drug-likeness (QED) is 0.823. The summed E-state index contributed by atoms with van der Waals surface area (Å²) in [5, 5.41) is 8.14. The van der Waals surface area contributed by atoms with Crippen molar-refractivity contribution in [2.45, 2.75) is 59.2 Å². The van der Waals surface area contributed by atoms with Crippen LogP contribution in [0.2, 0.25) is 0 Å². The monoisotopic (exact) mass is 266 g/mol. The van der Waals surface area contributed by atoms with Crippen LogP contribution in [0.15, 0.2) is 12.3 Å². The molecule has 0 aliphatic rings. The van der Waals surface area contributed by atoms with Gasteiger partial charge in [0.1, 0.15) is 0 Å². The fourth-order valence-electron chi connectivity index (χ4n) is 1.87. The van der Waals surface area contributed by atoms with Gasteiger partial charge in [-0.15, -0.1) is 0 Å². The van der Waals surface area contributed by atoms with Crippen molar-refractivity contribution < 1.29 is 0 Å². The minimum atomic E-state index is 0.193. The third-order valence-electron chi connectivity index (χ3n) is 3.29. The smallest absolute Gasteiger partial charge is 0.0764 e. The molecule has 0 fully saturated rings. The van der Waals surface area contributed by atoms with E-state index in [2.05, 4.69) is 73.9 Å². The number of aromatic nitrogens is 2. The Bertz CT molecular complexity index is 364. The Labute approximate surface area is 118 Å².